The number of hydrogen-bond donors (Lipinski definition) is 2. The van der Waals surface area contributed by atoms with Crippen LogP contribution in [-0.4, -0.2) is 9.55 Å². The number of benzene rings is 1. The molecule has 1 aromatic carbocycles. The zero-order chi connectivity index (χ0) is 10.8. The van der Waals surface area contributed by atoms with Crippen molar-refractivity contribution >= 4 is 28.6 Å². The van der Waals surface area contributed by atoms with E-state index in [0.717, 1.165) is 15.7 Å². The van der Waals surface area contributed by atoms with Crippen LogP contribution in [-0.2, 0) is 6.54 Å². The van der Waals surface area contributed by atoms with Gasteiger partial charge in [-0.15, -0.1) is 12.6 Å². The van der Waals surface area contributed by atoms with Crippen molar-refractivity contribution < 1.29 is 0 Å². The summed E-state index contributed by atoms with van der Waals surface area (Å²) in [7, 11) is 0. The molecule has 0 aliphatic heterocycles. The number of halogens is 1. The summed E-state index contributed by atoms with van der Waals surface area (Å²) in [5.74, 6) is 0. The van der Waals surface area contributed by atoms with E-state index < -0.39 is 0 Å². The molecule has 15 heavy (non-hydrogen) atoms. The lowest BCUT2D eigenvalue weighted by Crippen LogP contribution is -2.04. The molecule has 0 unspecified atom stereocenters. The molecule has 2 aromatic rings. The van der Waals surface area contributed by atoms with Crippen molar-refractivity contribution in [2.45, 2.75) is 11.7 Å². The first-order chi connectivity index (χ1) is 7.22. The fourth-order valence-corrected chi connectivity index (χ4v) is 2.09. The Hall–Kier alpha value is -0.780. The van der Waals surface area contributed by atoms with Crippen molar-refractivity contribution in [3.05, 3.63) is 40.6 Å². The van der Waals surface area contributed by atoms with Gasteiger partial charge in [0.2, 0.25) is 0 Å². The predicted octanol–water partition coefficient (Wildman–Crippen LogP) is 2.38. The van der Waals surface area contributed by atoms with Gasteiger partial charge in [0, 0.05) is 23.4 Å². The van der Waals surface area contributed by atoms with Gasteiger partial charge in [0.15, 0.2) is 5.16 Å². The van der Waals surface area contributed by atoms with Crippen LogP contribution in [0.1, 0.15) is 5.56 Å². The smallest absolute Gasteiger partial charge is 0.169 e. The van der Waals surface area contributed by atoms with Crippen molar-refractivity contribution in [1.29, 1.82) is 0 Å². The standard InChI is InChI=1S/C10H10BrN3S/c11-8-1-2-9(7(5-8)6-12)14-4-3-13-10(14)15/h1-5H,6,12H2,(H,13,15). The number of nitrogens with zero attached hydrogens (tertiary/aromatic N) is 2. The molecule has 0 fully saturated rings. The Morgan fingerprint density at radius 1 is 1.47 bits per heavy atom. The lowest BCUT2D eigenvalue weighted by Gasteiger charge is -2.10. The Morgan fingerprint density at radius 2 is 2.27 bits per heavy atom. The minimum absolute atomic E-state index is 0.486. The number of hydrogen-bond acceptors (Lipinski definition) is 3. The van der Waals surface area contributed by atoms with Gasteiger partial charge in [-0.1, -0.05) is 15.9 Å². The summed E-state index contributed by atoms with van der Waals surface area (Å²) in [6.07, 6.45) is 3.58. The topological polar surface area (TPSA) is 43.8 Å². The zero-order valence-corrected chi connectivity index (χ0v) is 10.4. The lowest BCUT2D eigenvalue weighted by molar-refractivity contribution is 0.878. The summed E-state index contributed by atoms with van der Waals surface area (Å²) >= 11 is 7.69. The zero-order valence-electron chi connectivity index (χ0n) is 7.89. The fourth-order valence-electron chi connectivity index (χ4n) is 1.44. The van der Waals surface area contributed by atoms with Crippen LogP contribution >= 0.6 is 28.6 Å². The largest absolute Gasteiger partial charge is 0.326 e. The SMILES string of the molecule is NCc1cc(Br)ccc1-n1ccnc1S. The lowest BCUT2D eigenvalue weighted by atomic mass is 10.2. The molecule has 78 valence electrons. The highest BCUT2D eigenvalue weighted by atomic mass is 79.9. The van der Waals surface area contributed by atoms with Crippen LogP contribution in [0, 0.1) is 0 Å². The molecule has 0 saturated carbocycles. The molecule has 2 rings (SSSR count). The van der Waals surface area contributed by atoms with Crippen molar-refractivity contribution in [3.63, 3.8) is 0 Å². The third kappa shape index (κ3) is 2.09. The van der Waals surface area contributed by atoms with E-state index in [1.165, 1.54) is 0 Å². The number of nitrogens with two attached hydrogens (primary N) is 1. The predicted molar refractivity (Wildman–Crippen MR) is 66.4 cm³/mol. The van der Waals surface area contributed by atoms with Gasteiger partial charge in [0.05, 0.1) is 5.69 Å². The Labute approximate surface area is 102 Å². The highest BCUT2D eigenvalue weighted by Gasteiger charge is 2.06. The van der Waals surface area contributed by atoms with E-state index in [4.69, 9.17) is 5.73 Å². The van der Waals surface area contributed by atoms with Crippen molar-refractivity contribution in [2.24, 2.45) is 5.73 Å². The monoisotopic (exact) mass is 283 g/mol. The van der Waals surface area contributed by atoms with Crippen LogP contribution in [0.15, 0.2) is 40.2 Å². The summed E-state index contributed by atoms with van der Waals surface area (Å²) in [5.41, 5.74) is 7.77. The van der Waals surface area contributed by atoms with Gasteiger partial charge in [0.1, 0.15) is 0 Å². The van der Waals surface area contributed by atoms with Gasteiger partial charge in [0.25, 0.3) is 0 Å². The molecule has 5 heteroatoms. The maximum atomic E-state index is 5.70. The third-order valence-electron chi connectivity index (χ3n) is 2.14. The molecule has 3 nitrogen and oxygen atoms in total. The van der Waals surface area contributed by atoms with E-state index in [1.807, 2.05) is 29.0 Å². The minimum Gasteiger partial charge on any atom is -0.326 e. The van der Waals surface area contributed by atoms with E-state index in [2.05, 4.69) is 33.5 Å². The summed E-state index contributed by atoms with van der Waals surface area (Å²) in [6, 6.07) is 5.97. The van der Waals surface area contributed by atoms with E-state index >= 15 is 0 Å². The number of rotatable bonds is 2. The second kappa shape index (κ2) is 4.38. The van der Waals surface area contributed by atoms with Crippen LogP contribution in [0.5, 0.6) is 0 Å². The molecular formula is C10H10BrN3S. The normalized spacial score (nSPS) is 10.6. The Balaban J connectivity index is 2.58. The Kier molecular flexibility index (Phi) is 3.14. The number of thiol groups is 1. The molecule has 2 N–H and O–H groups in total. The summed E-state index contributed by atoms with van der Waals surface area (Å²) in [6.45, 7) is 0.486. The number of imidazole rings is 1. The first-order valence-corrected chi connectivity index (χ1v) is 5.67. The molecule has 0 aliphatic rings. The van der Waals surface area contributed by atoms with Gasteiger partial charge in [-0.3, -0.25) is 4.57 Å². The molecule has 0 atom stereocenters. The van der Waals surface area contributed by atoms with Crippen LogP contribution in [0.3, 0.4) is 0 Å². The minimum atomic E-state index is 0.486. The van der Waals surface area contributed by atoms with Crippen molar-refractivity contribution in [3.8, 4) is 5.69 Å². The molecule has 0 saturated heterocycles. The first kappa shape index (κ1) is 10.7. The molecule has 1 heterocycles. The van der Waals surface area contributed by atoms with E-state index in [9.17, 15) is 0 Å². The quantitative estimate of drug-likeness (QED) is 0.832. The maximum absolute atomic E-state index is 5.70. The van der Waals surface area contributed by atoms with Crippen LogP contribution in [0.25, 0.3) is 5.69 Å². The van der Waals surface area contributed by atoms with Crippen molar-refractivity contribution in [2.75, 3.05) is 0 Å². The van der Waals surface area contributed by atoms with E-state index in [0.29, 0.717) is 11.7 Å². The average molecular weight is 284 g/mol. The summed E-state index contributed by atoms with van der Waals surface area (Å²) in [4.78, 5) is 4.07. The highest BCUT2D eigenvalue weighted by molar-refractivity contribution is 9.10. The van der Waals surface area contributed by atoms with Gasteiger partial charge >= 0.3 is 0 Å². The maximum Gasteiger partial charge on any atom is 0.169 e. The molecule has 0 amide bonds. The van der Waals surface area contributed by atoms with Crippen LogP contribution in [0.2, 0.25) is 0 Å². The fraction of sp³-hybridized carbons (Fsp3) is 0.100. The van der Waals surface area contributed by atoms with E-state index in [1.54, 1.807) is 6.20 Å². The molecule has 1 aromatic heterocycles. The van der Waals surface area contributed by atoms with Gasteiger partial charge in [-0.25, -0.2) is 4.98 Å². The Bertz CT molecular complexity index is 481. The molecule has 0 radical (unpaired) electrons. The molecular weight excluding hydrogens is 274 g/mol. The van der Waals surface area contributed by atoms with Gasteiger partial charge in [-0.2, -0.15) is 0 Å². The summed E-state index contributed by atoms with van der Waals surface area (Å²) < 4.78 is 2.92. The van der Waals surface area contributed by atoms with E-state index in [-0.39, 0.29) is 0 Å². The second-order valence-corrected chi connectivity index (χ2v) is 4.39. The molecule has 0 aliphatic carbocycles. The van der Waals surface area contributed by atoms with Crippen LogP contribution in [0.4, 0.5) is 0 Å². The first-order valence-electron chi connectivity index (χ1n) is 4.43. The molecule has 0 bridgehead atoms. The summed E-state index contributed by atoms with van der Waals surface area (Å²) in [5, 5.41) is 0.659. The highest BCUT2D eigenvalue weighted by Crippen LogP contribution is 2.21. The number of aromatic nitrogens is 2. The van der Waals surface area contributed by atoms with Crippen molar-refractivity contribution in [1.82, 2.24) is 9.55 Å². The molecule has 0 spiro atoms. The average Bonchev–Trinajstić information content (AvgIpc) is 2.64. The second-order valence-electron chi connectivity index (χ2n) is 3.07. The van der Waals surface area contributed by atoms with Gasteiger partial charge in [-0.05, 0) is 23.8 Å². The third-order valence-corrected chi connectivity index (χ3v) is 2.97. The van der Waals surface area contributed by atoms with Gasteiger partial charge < -0.3 is 5.73 Å². The Morgan fingerprint density at radius 3 is 2.87 bits per heavy atom. The van der Waals surface area contributed by atoms with Crippen LogP contribution < -0.4 is 5.73 Å².